The van der Waals surface area contributed by atoms with Crippen molar-refractivity contribution in [1.82, 2.24) is 29.8 Å². The van der Waals surface area contributed by atoms with E-state index in [0.29, 0.717) is 5.92 Å². The van der Waals surface area contributed by atoms with Crippen LogP contribution in [0.3, 0.4) is 0 Å². The van der Waals surface area contributed by atoms with Gasteiger partial charge in [0.25, 0.3) is 0 Å². The van der Waals surface area contributed by atoms with Crippen LogP contribution in [0.2, 0.25) is 0 Å². The highest BCUT2D eigenvalue weighted by atomic mass is 32.1. The SMILES string of the molecule is c1ccc2oc(-c3csc(C4CCN(Cc5nc6ncncc6[nH]5)CC4)n3)cc2c1. The highest BCUT2D eigenvalue weighted by Gasteiger charge is 2.24. The summed E-state index contributed by atoms with van der Waals surface area (Å²) in [6.07, 6.45) is 5.51. The average molecular weight is 417 g/mol. The Bertz CT molecular complexity index is 1250. The molecule has 1 aliphatic heterocycles. The van der Waals surface area contributed by atoms with Gasteiger partial charge < -0.3 is 9.40 Å². The molecule has 30 heavy (non-hydrogen) atoms. The second-order valence-corrected chi connectivity index (χ2v) is 8.60. The van der Waals surface area contributed by atoms with Crippen molar-refractivity contribution in [2.75, 3.05) is 13.1 Å². The number of furan rings is 1. The summed E-state index contributed by atoms with van der Waals surface area (Å²) in [5.74, 6) is 2.31. The monoisotopic (exact) mass is 416 g/mol. The topological polar surface area (TPSA) is 83.7 Å². The van der Waals surface area contributed by atoms with Crippen molar-refractivity contribution in [3.63, 3.8) is 0 Å². The molecule has 1 saturated heterocycles. The van der Waals surface area contributed by atoms with Gasteiger partial charge in [0.15, 0.2) is 11.4 Å². The number of nitrogens with one attached hydrogen (secondary N) is 1. The van der Waals surface area contributed by atoms with E-state index in [0.717, 1.165) is 71.9 Å². The smallest absolute Gasteiger partial charge is 0.180 e. The summed E-state index contributed by atoms with van der Waals surface area (Å²) in [4.78, 5) is 23.5. The minimum absolute atomic E-state index is 0.505. The maximum Gasteiger partial charge on any atom is 0.180 e. The molecule has 0 radical (unpaired) electrons. The van der Waals surface area contributed by atoms with Crippen LogP contribution in [0.1, 0.15) is 29.6 Å². The molecule has 0 atom stereocenters. The van der Waals surface area contributed by atoms with E-state index in [2.05, 4.69) is 42.3 Å². The first kappa shape index (κ1) is 17.7. The van der Waals surface area contributed by atoms with Crippen molar-refractivity contribution < 1.29 is 4.42 Å². The highest BCUT2D eigenvalue weighted by Crippen LogP contribution is 2.34. The first-order valence-electron chi connectivity index (χ1n) is 10.1. The first-order valence-corrected chi connectivity index (χ1v) is 11.0. The zero-order valence-electron chi connectivity index (χ0n) is 16.3. The fourth-order valence-corrected chi connectivity index (χ4v) is 5.11. The van der Waals surface area contributed by atoms with Crippen molar-refractivity contribution in [3.05, 3.63) is 59.1 Å². The van der Waals surface area contributed by atoms with Gasteiger partial charge in [0.1, 0.15) is 28.9 Å². The van der Waals surface area contributed by atoms with Gasteiger partial charge >= 0.3 is 0 Å². The van der Waals surface area contributed by atoms with E-state index in [1.807, 2.05) is 18.2 Å². The molecule has 0 bridgehead atoms. The predicted molar refractivity (Wildman–Crippen MR) is 116 cm³/mol. The van der Waals surface area contributed by atoms with Crippen molar-refractivity contribution in [2.24, 2.45) is 0 Å². The number of H-pyrrole nitrogens is 1. The third-order valence-electron chi connectivity index (χ3n) is 5.72. The zero-order valence-corrected chi connectivity index (χ0v) is 17.1. The molecule has 1 aromatic carbocycles. The molecule has 7 nitrogen and oxygen atoms in total. The molecule has 1 fully saturated rings. The number of fused-ring (bicyclic) bond motifs is 2. The van der Waals surface area contributed by atoms with E-state index < -0.39 is 0 Å². The molecule has 5 aromatic rings. The Morgan fingerprint density at radius 3 is 2.93 bits per heavy atom. The molecule has 6 rings (SSSR count). The van der Waals surface area contributed by atoms with E-state index in [-0.39, 0.29) is 0 Å². The standard InChI is InChI=1S/C22H20N6OS/c1-2-4-18-15(3-1)9-19(29-18)17-12-30-22(26-17)14-5-7-28(8-6-14)11-20-25-16-10-23-13-24-21(16)27-20/h1-4,9-10,12-14H,5-8,11H2,(H,23,24,25,27). The number of likely N-dealkylation sites (tertiary alicyclic amines) is 1. The fourth-order valence-electron chi connectivity index (χ4n) is 4.13. The number of hydrogen-bond acceptors (Lipinski definition) is 7. The minimum atomic E-state index is 0.505. The van der Waals surface area contributed by atoms with E-state index in [1.54, 1.807) is 17.5 Å². The number of benzene rings is 1. The van der Waals surface area contributed by atoms with Crippen LogP contribution >= 0.6 is 11.3 Å². The van der Waals surface area contributed by atoms with Gasteiger partial charge in [-0.1, -0.05) is 18.2 Å². The summed E-state index contributed by atoms with van der Waals surface area (Å²) in [7, 11) is 0. The second-order valence-electron chi connectivity index (χ2n) is 7.71. The number of hydrogen-bond donors (Lipinski definition) is 1. The van der Waals surface area contributed by atoms with Crippen LogP contribution in [0.5, 0.6) is 0 Å². The van der Waals surface area contributed by atoms with E-state index in [4.69, 9.17) is 9.40 Å². The van der Waals surface area contributed by atoms with Crippen LogP contribution in [-0.4, -0.2) is 42.9 Å². The number of piperidine rings is 1. The Labute approximate surface area is 176 Å². The van der Waals surface area contributed by atoms with Crippen LogP contribution in [0, 0.1) is 0 Å². The Hall–Kier alpha value is -3.10. The predicted octanol–water partition coefficient (Wildman–Crippen LogP) is 4.60. The number of thiazole rings is 1. The zero-order chi connectivity index (χ0) is 19.9. The van der Waals surface area contributed by atoms with Crippen LogP contribution in [0.4, 0.5) is 0 Å². The number of nitrogens with zero attached hydrogens (tertiary/aromatic N) is 5. The maximum atomic E-state index is 5.98. The molecule has 0 spiro atoms. The summed E-state index contributed by atoms with van der Waals surface area (Å²) in [5, 5.41) is 4.45. The lowest BCUT2D eigenvalue weighted by molar-refractivity contribution is 0.201. The Morgan fingerprint density at radius 1 is 1.17 bits per heavy atom. The third-order valence-corrected chi connectivity index (χ3v) is 6.73. The fraction of sp³-hybridized carbons (Fsp3) is 0.273. The van der Waals surface area contributed by atoms with Gasteiger partial charge in [0.2, 0.25) is 0 Å². The van der Waals surface area contributed by atoms with Crippen LogP contribution in [-0.2, 0) is 6.54 Å². The van der Waals surface area contributed by atoms with E-state index in [1.165, 1.54) is 11.3 Å². The van der Waals surface area contributed by atoms with Gasteiger partial charge in [-0.05, 0) is 38.1 Å². The molecule has 4 aromatic heterocycles. The summed E-state index contributed by atoms with van der Waals surface area (Å²) in [5.41, 5.74) is 3.48. The number of para-hydroxylation sites is 1. The molecule has 8 heteroatoms. The van der Waals surface area contributed by atoms with Gasteiger partial charge in [-0.3, -0.25) is 4.90 Å². The van der Waals surface area contributed by atoms with Crippen molar-refractivity contribution in [1.29, 1.82) is 0 Å². The Morgan fingerprint density at radius 2 is 2.07 bits per heavy atom. The number of imidazole rings is 1. The van der Waals surface area contributed by atoms with Crippen LogP contribution < -0.4 is 0 Å². The number of aromatic amines is 1. The molecule has 5 heterocycles. The van der Waals surface area contributed by atoms with Crippen molar-refractivity contribution in [3.8, 4) is 11.5 Å². The Balaban J connectivity index is 1.12. The number of aromatic nitrogens is 5. The molecule has 0 amide bonds. The molecular weight excluding hydrogens is 396 g/mol. The third kappa shape index (κ3) is 3.28. The van der Waals surface area contributed by atoms with Gasteiger partial charge in [-0.15, -0.1) is 11.3 Å². The van der Waals surface area contributed by atoms with Gasteiger partial charge in [-0.25, -0.2) is 19.9 Å². The van der Waals surface area contributed by atoms with Crippen LogP contribution in [0.15, 0.2) is 52.7 Å². The highest BCUT2D eigenvalue weighted by molar-refractivity contribution is 7.10. The first-order chi connectivity index (χ1) is 14.8. The van der Waals surface area contributed by atoms with Crippen LogP contribution in [0.25, 0.3) is 33.6 Å². The van der Waals surface area contributed by atoms with Gasteiger partial charge in [0.05, 0.1) is 17.7 Å². The normalized spacial score (nSPS) is 16.0. The second kappa shape index (κ2) is 7.30. The maximum absolute atomic E-state index is 5.98. The minimum Gasteiger partial charge on any atom is -0.454 e. The molecular formula is C22H20N6OS. The molecule has 1 N–H and O–H groups in total. The summed E-state index contributed by atoms with van der Waals surface area (Å²) in [6, 6.07) is 10.2. The number of rotatable bonds is 4. The van der Waals surface area contributed by atoms with Gasteiger partial charge in [-0.2, -0.15) is 0 Å². The molecule has 0 aliphatic carbocycles. The molecule has 0 unspecified atom stereocenters. The largest absolute Gasteiger partial charge is 0.454 e. The molecule has 1 aliphatic rings. The van der Waals surface area contributed by atoms with E-state index >= 15 is 0 Å². The lowest BCUT2D eigenvalue weighted by Gasteiger charge is -2.30. The van der Waals surface area contributed by atoms with Gasteiger partial charge in [0, 0.05) is 16.7 Å². The average Bonchev–Trinajstić information content (AvgIpc) is 3.51. The lowest BCUT2D eigenvalue weighted by atomic mass is 9.97. The van der Waals surface area contributed by atoms with E-state index in [9.17, 15) is 0 Å². The summed E-state index contributed by atoms with van der Waals surface area (Å²) in [6.45, 7) is 2.88. The summed E-state index contributed by atoms with van der Waals surface area (Å²) < 4.78 is 5.98. The Kier molecular flexibility index (Phi) is 4.32. The van der Waals surface area contributed by atoms with Crippen molar-refractivity contribution in [2.45, 2.75) is 25.3 Å². The van der Waals surface area contributed by atoms with Crippen molar-refractivity contribution >= 4 is 33.5 Å². The molecule has 150 valence electrons. The molecule has 0 saturated carbocycles. The quantitative estimate of drug-likeness (QED) is 0.461. The lowest BCUT2D eigenvalue weighted by Crippen LogP contribution is -2.32. The summed E-state index contributed by atoms with van der Waals surface area (Å²) >= 11 is 1.75.